The Balaban J connectivity index is 1.69. The molecule has 104 valence electrons. The van der Waals surface area contributed by atoms with E-state index in [9.17, 15) is 4.79 Å². The van der Waals surface area contributed by atoms with E-state index in [-0.39, 0.29) is 5.91 Å². The number of aromatic amines is 1. The maximum absolute atomic E-state index is 12.0. The zero-order valence-corrected chi connectivity index (χ0v) is 11.5. The molecule has 0 radical (unpaired) electrons. The van der Waals surface area contributed by atoms with Gasteiger partial charge >= 0.3 is 0 Å². The zero-order valence-electron chi connectivity index (χ0n) is 11.5. The number of amides is 1. The van der Waals surface area contributed by atoms with Crippen molar-refractivity contribution in [3.63, 3.8) is 0 Å². The normalized spacial score (nSPS) is 11.1. The van der Waals surface area contributed by atoms with Gasteiger partial charge < -0.3 is 4.98 Å². The Morgan fingerprint density at radius 1 is 1.24 bits per heavy atom. The van der Waals surface area contributed by atoms with Crippen LogP contribution in [0.2, 0.25) is 0 Å². The van der Waals surface area contributed by atoms with Crippen molar-refractivity contribution in [2.75, 3.05) is 0 Å². The van der Waals surface area contributed by atoms with Gasteiger partial charge in [-0.25, -0.2) is 10.4 Å². The lowest BCUT2D eigenvalue weighted by Crippen LogP contribution is -2.17. The SMILES string of the molecule is Cc1ccc(C=NNC(=O)c2ccc3nc[nH]c3c2)cc1. The summed E-state index contributed by atoms with van der Waals surface area (Å²) in [6, 6.07) is 13.2. The molecule has 3 aromatic rings. The molecule has 0 aliphatic heterocycles. The van der Waals surface area contributed by atoms with Crippen LogP contribution in [0.3, 0.4) is 0 Å². The van der Waals surface area contributed by atoms with E-state index in [1.54, 1.807) is 30.7 Å². The molecule has 0 saturated heterocycles. The highest BCUT2D eigenvalue weighted by molar-refractivity contribution is 5.97. The first-order valence-electron chi connectivity index (χ1n) is 6.55. The quantitative estimate of drug-likeness (QED) is 0.571. The first-order chi connectivity index (χ1) is 10.2. The summed E-state index contributed by atoms with van der Waals surface area (Å²) in [5.41, 5.74) is 6.82. The van der Waals surface area contributed by atoms with Crippen molar-refractivity contribution in [2.24, 2.45) is 5.10 Å². The fourth-order valence-corrected chi connectivity index (χ4v) is 1.96. The van der Waals surface area contributed by atoms with E-state index in [1.807, 2.05) is 31.2 Å². The van der Waals surface area contributed by atoms with Crippen molar-refractivity contribution in [1.82, 2.24) is 15.4 Å². The third-order valence-electron chi connectivity index (χ3n) is 3.14. The molecule has 3 rings (SSSR count). The van der Waals surface area contributed by atoms with Crippen LogP contribution >= 0.6 is 0 Å². The highest BCUT2D eigenvalue weighted by Gasteiger charge is 2.05. The van der Waals surface area contributed by atoms with E-state index in [0.717, 1.165) is 16.6 Å². The van der Waals surface area contributed by atoms with E-state index in [4.69, 9.17) is 0 Å². The van der Waals surface area contributed by atoms with Crippen LogP contribution in [0, 0.1) is 6.92 Å². The van der Waals surface area contributed by atoms with Crippen LogP contribution in [0.4, 0.5) is 0 Å². The topological polar surface area (TPSA) is 70.1 Å². The number of carbonyl (C=O) groups is 1. The minimum absolute atomic E-state index is 0.255. The summed E-state index contributed by atoms with van der Waals surface area (Å²) in [5.74, 6) is -0.255. The summed E-state index contributed by atoms with van der Waals surface area (Å²) in [6.07, 6.45) is 3.22. The average Bonchev–Trinajstić information content (AvgIpc) is 2.96. The van der Waals surface area contributed by atoms with E-state index in [0.29, 0.717) is 5.56 Å². The van der Waals surface area contributed by atoms with Gasteiger partial charge in [-0.2, -0.15) is 5.10 Å². The van der Waals surface area contributed by atoms with Crippen molar-refractivity contribution < 1.29 is 4.79 Å². The van der Waals surface area contributed by atoms with Gasteiger partial charge in [0.05, 0.1) is 23.6 Å². The predicted molar refractivity (Wildman–Crippen MR) is 82.3 cm³/mol. The fourth-order valence-electron chi connectivity index (χ4n) is 1.96. The fraction of sp³-hybridized carbons (Fsp3) is 0.0625. The summed E-state index contributed by atoms with van der Waals surface area (Å²) >= 11 is 0. The summed E-state index contributed by atoms with van der Waals surface area (Å²) < 4.78 is 0. The molecule has 1 heterocycles. The number of aromatic nitrogens is 2. The number of imidazole rings is 1. The molecule has 21 heavy (non-hydrogen) atoms. The van der Waals surface area contributed by atoms with Crippen LogP contribution in [-0.4, -0.2) is 22.1 Å². The molecule has 2 aromatic carbocycles. The van der Waals surface area contributed by atoms with E-state index < -0.39 is 0 Å². The number of fused-ring (bicyclic) bond motifs is 1. The molecule has 5 heteroatoms. The van der Waals surface area contributed by atoms with Gasteiger partial charge in [0.15, 0.2) is 0 Å². The number of aryl methyl sites for hydroxylation is 1. The average molecular weight is 278 g/mol. The van der Waals surface area contributed by atoms with Gasteiger partial charge in [0, 0.05) is 5.56 Å². The van der Waals surface area contributed by atoms with E-state index in [1.165, 1.54) is 5.56 Å². The number of hydrazone groups is 1. The second-order valence-electron chi connectivity index (χ2n) is 4.74. The van der Waals surface area contributed by atoms with Crippen molar-refractivity contribution in [2.45, 2.75) is 6.92 Å². The minimum Gasteiger partial charge on any atom is -0.345 e. The first-order valence-corrected chi connectivity index (χ1v) is 6.55. The van der Waals surface area contributed by atoms with E-state index in [2.05, 4.69) is 20.5 Å². The number of hydrogen-bond acceptors (Lipinski definition) is 3. The first kappa shape index (κ1) is 13.1. The van der Waals surface area contributed by atoms with Crippen molar-refractivity contribution >= 4 is 23.2 Å². The lowest BCUT2D eigenvalue weighted by atomic mass is 10.2. The standard InChI is InChI=1S/C16H14N4O/c1-11-2-4-12(5-3-11)9-19-20-16(21)13-6-7-14-15(8-13)18-10-17-14/h2-10H,1H3,(H,17,18)(H,20,21). The zero-order chi connectivity index (χ0) is 14.7. The van der Waals surface area contributed by atoms with Crippen LogP contribution in [-0.2, 0) is 0 Å². The molecular formula is C16H14N4O. The maximum Gasteiger partial charge on any atom is 0.271 e. The van der Waals surface area contributed by atoms with Crippen LogP contribution < -0.4 is 5.43 Å². The molecule has 2 N–H and O–H groups in total. The van der Waals surface area contributed by atoms with Crippen molar-refractivity contribution in [3.8, 4) is 0 Å². The molecule has 1 amide bonds. The summed E-state index contributed by atoms with van der Waals surface area (Å²) in [6.45, 7) is 2.02. The van der Waals surface area contributed by atoms with Crippen molar-refractivity contribution in [1.29, 1.82) is 0 Å². The molecule has 0 bridgehead atoms. The van der Waals surface area contributed by atoms with E-state index >= 15 is 0 Å². The Kier molecular flexibility index (Phi) is 3.47. The molecular weight excluding hydrogens is 264 g/mol. The Labute approximate surface area is 121 Å². The number of carbonyl (C=O) groups excluding carboxylic acids is 1. The van der Waals surface area contributed by atoms with Crippen LogP contribution in [0.1, 0.15) is 21.5 Å². The van der Waals surface area contributed by atoms with Crippen LogP contribution in [0.5, 0.6) is 0 Å². The molecule has 0 fully saturated rings. The van der Waals surface area contributed by atoms with Crippen molar-refractivity contribution in [3.05, 3.63) is 65.5 Å². The van der Waals surface area contributed by atoms with Crippen LogP contribution in [0.15, 0.2) is 53.9 Å². The number of rotatable bonds is 3. The molecule has 0 aliphatic rings. The van der Waals surface area contributed by atoms with Gasteiger partial charge in [-0.1, -0.05) is 29.8 Å². The van der Waals surface area contributed by atoms with Gasteiger partial charge in [0.25, 0.3) is 5.91 Å². The highest BCUT2D eigenvalue weighted by atomic mass is 16.2. The highest BCUT2D eigenvalue weighted by Crippen LogP contribution is 2.11. The number of nitrogens with one attached hydrogen (secondary N) is 2. The molecule has 0 saturated carbocycles. The second-order valence-corrected chi connectivity index (χ2v) is 4.74. The number of H-pyrrole nitrogens is 1. The number of nitrogens with zero attached hydrogens (tertiary/aromatic N) is 2. The Hall–Kier alpha value is -2.95. The Morgan fingerprint density at radius 2 is 2.05 bits per heavy atom. The smallest absolute Gasteiger partial charge is 0.271 e. The lowest BCUT2D eigenvalue weighted by Gasteiger charge is -2.00. The Morgan fingerprint density at radius 3 is 2.86 bits per heavy atom. The van der Waals surface area contributed by atoms with Gasteiger partial charge in [-0.05, 0) is 30.7 Å². The molecule has 5 nitrogen and oxygen atoms in total. The van der Waals surface area contributed by atoms with Crippen LogP contribution in [0.25, 0.3) is 11.0 Å². The van der Waals surface area contributed by atoms with Gasteiger partial charge in [0.1, 0.15) is 0 Å². The third kappa shape index (κ3) is 2.97. The number of benzene rings is 2. The predicted octanol–water partition coefficient (Wildman–Crippen LogP) is 2.64. The molecule has 0 aliphatic carbocycles. The minimum atomic E-state index is -0.255. The molecule has 0 spiro atoms. The van der Waals surface area contributed by atoms with Gasteiger partial charge in [0.2, 0.25) is 0 Å². The third-order valence-corrected chi connectivity index (χ3v) is 3.14. The second kappa shape index (κ2) is 5.58. The molecule has 1 aromatic heterocycles. The summed E-state index contributed by atoms with van der Waals surface area (Å²) in [4.78, 5) is 19.1. The Bertz CT molecular complexity index is 803. The largest absolute Gasteiger partial charge is 0.345 e. The van der Waals surface area contributed by atoms with Gasteiger partial charge in [-0.15, -0.1) is 0 Å². The lowest BCUT2D eigenvalue weighted by molar-refractivity contribution is 0.0955. The summed E-state index contributed by atoms with van der Waals surface area (Å²) in [7, 11) is 0. The van der Waals surface area contributed by atoms with Gasteiger partial charge in [-0.3, -0.25) is 4.79 Å². The summed E-state index contributed by atoms with van der Waals surface area (Å²) in [5, 5.41) is 3.96. The monoisotopic (exact) mass is 278 g/mol. The molecule has 0 unspecified atom stereocenters. The number of hydrogen-bond donors (Lipinski definition) is 2. The maximum atomic E-state index is 12.0. The molecule has 0 atom stereocenters.